The first kappa shape index (κ1) is 19.4. The molecular weight excluding hydrogens is 364 g/mol. The third kappa shape index (κ3) is 3.58. The minimum absolute atomic E-state index is 0.0241. The lowest BCUT2D eigenvalue weighted by Gasteiger charge is -2.42. The molecule has 2 atom stereocenters. The van der Waals surface area contributed by atoms with Gasteiger partial charge >= 0.3 is 0 Å². The summed E-state index contributed by atoms with van der Waals surface area (Å²) in [5, 5.41) is 3.49. The fourth-order valence-corrected chi connectivity index (χ4v) is 4.57. The summed E-state index contributed by atoms with van der Waals surface area (Å²) in [7, 11) is 5.34. The fraction of sp³-hybridized carbons (Fsp3) is 0.333. The lowest BCUT2D eigenvalue weighted by atomic mass is 9.73. The topological polar surface area (TPSA) is 49.9 Å². The molecule has 0 saturated carbocycles. The number of carbonyl (C=O) groups is 2. The molecule has 0 fully saturated rings. The minimum Gasteiger partial charge on any atom is -0.497 e. The first-order valence-electron chi connectivity index (χ1n) is 9.95. The first-order chi connectivity index (χ1) is 14.0. The zero-order valence-corrected chi connectivity index (χ0v) is 17.1. The Bertz CT molecular complexity index is 948. The third-order valence-electron chi connectivity index (χ3n) is 5.89. The van der Waals surface area contributed by atoms with Crippen molar-refractivity contribution in [2.24, 2.45) is 0 Å². The van der Waals surface area contributed by atoms with Crippen LogP contribution in [0.25, 0.3) is 0 Å². The number of benzene rings is 2. The summed E-state index contributed by atoms with van der Waals surface area (Å²) < 4.78 is 5.26. The van der Waals surface area contributed by atoms with Crippen LogP contribution in [-0.2, 0) is 9.59 Å². The molecule has 0 aromatic heterocycles. The Morgan fingerprint density at radius 1 is 0.897 bits per heavy atom. The van der Waals surface area contributed by atoms with Crippen molar-refractivity contribution in [3.8, 4) is 5.75 Å². The van der Waals surface area contributed by atoms with Crippen molar-refractivity contribution in [2.45, 2.75) is 31.1 Å². The first-order valence-corrected chi connectivity index (χ1v) is 9.95. The second-order valence-corrected chi connectivity index (χ2v) is 7.88. The van der Waals surface area contributed by atoms with E-state index >= 15 is 0 Å². The second kappa shape index (κ2) is 7.84. The van der Waals surface area contributed by atoms with E-state index in [0.717, 1.165) is 28.1 Å². The van der Waals surface area contributed by atoms with E-state index < -0.39 is 0 Å². The van der Waals surface area contributed by atoms with Crippen LogP contribution >= 0.6 is 0 Å². The van der Waals surface area contributed by atoms with Crippen LogP contribution in [0.1, 0.15) is 42.2 Å². The molecule has 0 saturated heterocycles. The maximum absolute atomic E-state index is 13.4. The number of amides is 1. The number of ketones is 1. The van der Waals surface area contributed by atoms with E-state index in [9.17, 15) is 9.59 Å². The molecule has 150 valence electrons. The SMILES string of the molecule is COc1ccc([C@H]2CC(=O)N(N(C)C)C3=C2C(=O)C[C@H](c2ccccc2)C3)cc1. The predicted molar refractivity (Wildman–Crippen MR) is 111 cm³/mol. The highest BCUT2D eigenvalue weighted by Gasteiger charge is 2.42. The number of hydrogen-bond acceptors (Lipinski definition) is 4. The van der Waals surface area contributed by atoms with E-state index in [-0.39, 0.29) is 23.5 Å². The van der Waals surface area contributed by atoms with E-state index in [2.05, 4.69) is 12.1 Å². The van der Waals surface area contributed by atoms with Gasteiger partial charge in [0.25, 0.3) is 0 Å². The number of nitrogens with zero attached hydrogens (tertiary/aromatic N) is 2. The number of carbonyl (C=O) groups excluding carboxylic acids is 2. The number of ether oxygens (including phenoxy) is 1. The predicted octanol–water partition coefficient (Wildman–Crippen LogP) is 3.89. The summed E-state index contributed by atoms with van der Waals surface area (Å²) >= 11 is 0. The molecule has 1 aliphatic heterocycles. The molecule has 1 amide bonds. The minimum atomic E-state index is -0.205. The van der Waals surface area contributed by atoms with Crippen LogP contribution in [0.5, 0.6) is 5.75 Å². The molecule has 2 aromatic carbocycles. The van der Waals surface area contributed by atoms with E-state index in [1.165, 1.54) is 0 Å². The summed E-state index contributed by atoms with van der Waals surface area (Å²) in [4.78, 5) is 26.4. The van der Waals surface area contributed by atoms with Gasteiger partial charge in [-0.1, -0.05) is 42.5 Å². The van der Waals surface area contributed by atoms with Gasteiger partial charge in [-0.25, -0.2) is 10.0 Å². The number of Topliss-reactive ketones (excluding diaryl/α,β-unsaturated/α-hetero) is 1. The Balaban J connectivity index is 1.78. The Labute approximate surface area is 171 Å². The molecule has 1 aliphatic carbocycles. The number of methoxy groups -OCH3 is 1. The molecule has 0 unspecified atom stereocenters. The van der Waals surface area contributed by atoms with Crippen molar-refractivity contribution in [2.75, 3.05) is 21.2 Å². The maximum atomic E-state index is 13.4. The third-order valence-corrected chi connectivity index (χ3v) is 5.89. The normalized spacial score (nSPS) is 22.1. The van der Waals surface area contributed by atoms with Gasteiger partial charge < -0.3 is 4.74 Å². The molecule has 2 aromatic rings. The molecule has 29 heavy (non-hydrogen) atoms. The quantitative estimate of drug-likeness (QED) is 0.795. The smallest absolute Gasteiger partial charge is 0.242 e. The lowest BCUT2D eigenvalue weighted by molar-refractivity contribution is -0.143. The Morgan fingerprint density at radius 3 is 2.21 bits per heavy atom. The van der Waals surface area contributed by atoms with E-state index in [1.54, 1.807) is 17.1 Å². The summed E-state index contributed by atoms with van der Waals surface area (Å²) in [6, 6.07) is 17.8. The highest BCUT2D eigenvalue weighted by Crippen LogP contribution is 2.45. The van der Waals surface area contributed by atoms with Crippen molar-refractivity contribution >= 4 is 11.7 Å². The van der Waals surface area contributed by atoms with Gasteiger partial charge in [0.1, 0.15) is 5.75 Å². The summed E-state index contributed by atoms with van der Waals surface area (Å²) in [6.07, 6.45) is 1.46. The molecule has 0 N–H and O–H groups in total. The van der Waals surface area contributed by atoms with Crippen molar-refractivity contribution in [1.29, 1.82) is 0 Å². The van der Waals surface area contributed by atoms with Gasteiger partial charge in [0.15, 0.2) is 5.78 Å². The Kier molecular flexibility index (Phi) is 5.24. The van der Waals surface area contributed by atoms with Crippen LogP contribution in [0.15, 0.2) is 65.9 Å². The van der Waals surface area contributed by atoms with Gasteiger partial charge in [-0.2, -0.15) is 0 Å². The largest absolute Gasteiger partial charge is 0.497 e. The molecule has 1 heterocycles. The van der Waals surface area contributed by atoms with Crippen LogP contribution in [0.4, 0.5) is 0 Å². The van der Waals surface area contributed by atoms with Gasteiger partial charge in [0, 0.05) is 44.1 Å². The van der Waals surface area contributed by atoms with Crippen LogP contribution < -0.4 is 4.74 Å². The van der Waals surface area contributed by atoms with Gasteiger partial charge in [0.05, 0.1) is 7.11 Å². The van der Waals surface area contributed by atoms with Crippen LogP contribution in [0.2, 0.25) is 0 Å². The standard InChI is InChI=1S/C24H26N2O3/c1-25(2)26-21-13-18(16-7-5-4-6-8-16)14-22(27)24(21)20(15-23(26)28)17-9-11-19(29-3)12-10-17/h4-12,18,20H,13-15H2,1-3H3/t18-,20-/m1/s1. The zero-order valence-electron chi connectivity index (χ0n) is 17.1. The van der Waals surface area contributed by atoms with Gasteiger partial charge in [-0.05, 0) is 35.6 Å². The van der Waals surface area contributed by atoms with Gasteiger partial charge in [-0.15, -0.1) is 0 Å². The average molecular weight is 390 g/mol. The van der Waals surface area contributed by atoms with Crippen molar-refractivity contribution < 1.29 is 14.3 Å². The number of hydrogen-bond donors (Lipinski definition) is 0. The van der Waals surface area contributed by atoms with Gasteiger partial charge in [0.2, 0.25) is 5.91 Å². The second-order valence-electron chi connectivity index (χ2n) is 7.88. The van der Waals surface area contributed by atoms with Gasteiger partial charge in [-0.3, -0.25) is 9.59 Å². The average Bonchev–Trinajstić information content (AvgIpc) is 2.73. The van der Waals surface area contributed by atoms with Crippen molar-refractivity contribution in [3.05, 3.63) is 77.0 Å². The number of hydrazine groups is 1. The molecule has 5 nitrogen and oxygen atoms in total. The maximum Gasteiger partial charge on any atom is 0.242 e. The molecular formula is C24H26N2O3. The number of rotatable bonds is 4. The highest BCUT2D eigenvalue weighted by atomic mass is 16.5. The summed E-state index contributed by atoms with van der Waals surface area (Å²) in [5.41, 5.74) is 3.76. The summed E-state index contributed by atoms with van der Waals surface area (Å²) in [6.45, 7) is 0. The molecule has 0 bridgehead atoms. The molecule has 5 heteroatoms. The van der Waals surface area contributed by atoms with Crippen molar-refractivity contribution in [1.82, 2.24) is 10.0 Å². The number of allylic oxidation sites excluding steroid dienone is 2. The monoisotopic (exact) mass is 390 g/mol. The Morgan fingerprint density at radius 2 is 1.59 bits per heavy atom. The summed E-state index contributed by atoms with van der Waals surface area (Å²) in [5.74, 6) is 0.812. The fourth-order valence-electron chi connectivity index (χ4n) is 4.57. The van der Waals surface area contributed by atoms with E-state index in [1.807, 2.05) is 56.6 Å². The van der Waals surface area contributed by atoms with Crippen LogP contribution in [0.3, 0.4) is 0 Å². The zero-order chi connectivity index (χ0) is 20.5. The lowest BCUT2D eigenvalue weighted by Crippen LogP contribution is -2.47. The van der Waals surface area contributed by atoms with Crippen LogP contribution in [0, 0.1) is 0 Å². The molecule has 2 aliphatic rings. The van der Waals surface area contributed by atoms with E-state index in [4.69, 9.17) is 4.74 Å². The molecule has 4 rings (SSSR count). The van der Waals surface area contributed by atoms with Crippen molar-refractivity contribution in [3.63, 3.8) is 0 Å². The molecule has 0 radical (unpaired) electrons. The van der Waals surface area contributed by atoms with Crippen LogP contribution in [-0.4, -0.2) is 42.9 Å². The Hall–Kier alpha value is -2.92. The molecule has 0 spiro atoms. The highest BCUT2D eigenvalue weighted by molar-refractivity contribution is 6.02. The van der Waals surface area contributed by atoms with E-state index in [0.29, 0.717) is 19.3 Å².